The van der Waals surface area contributed by atoms with Crippen molar-refractivity contribution in [1.82, 2.24) is 5.32 Å². The second-order valence-corrected chi connectivity index (χ2v) is 11.0. The summed E-state index contributed by atoms with van der Waals surface area (Å²) in [5.41, 5.74) is 5.80. The minimum absolute atomic E-state index is 0. The number of hydrogen-bond donors (Lipinski definition) is 2. The van der Waals surface area contributed by atoms with Gasteiger partial charge in [0, 0.05) is 34.7 Å². The van der Waals surface area contributed by atoms with Crippen molar-refractivity contribution in [2.24, 2.45) is 10.9 Å². The molecule has 3 aliphatic heterocycles. The summed E-state index contributed by atoms with van der Waals surface area (Å²) < 4.78 is 12.0. The van der Waals surface area contributed by atoms with Crippen LogP contribution in [0.3, 0.4) is 0 Å². The molecular weight excluding hydrogens is 497 g/mol. The monoisotopic (exact) mass is 533 g/mol. The van der Waals surface area contributed by atoms with E-state index in [2.05, 4.69) is 56.5 Å². The molecule has 1 amide bonds. The average Bonchev–Trinajstić information content (AvgIpc) is 3.12. The van der Waals surface area contributed by atoms with Crippen molar-refractivity contribution < 1.29 is 14.3 Å². The number of fused-ring (bicyclic) bond motifs is 3. The molecule has 0 spiro atoms. The van der Waals surface area contributed by atoms with Crippen LogP contribution in [0.1, 0.15) is 62.8 Å². The standard InChI is InChI=1S/C28H35N3O3.2ClH/c1-27(2)15-19-14-22(33-5)25-21(16-28(3,4)34-25)23(19)24(31-27)18-7-6-8-20(13-18)30-26(32)17-9-11-29-12-10-17;;/h6-8,13-14,17,29H,9-12,15-16H2,1-5H3,(H,30,32);2*1H. The number of halogens is 2. The maximum Gasteiger partial charge on any atom is 0.227 e. The highest BCUT2D eigenvalue weighted by molar-refractivity contribution is 6.16. The molecule has 6 nitrogen and oxygen atoms in total. The van der Waals surface area contributed by atoms with Crippen molar-refractivity contribution in [2.75, 3.05) is 25.5 Å². The summed E-state index contributed by atoms with van der Waals surface area (Å²) in [4.78, 5) is 18.1. The zero-order valence-corrected chi connectivity index (χ0v) is 23.3. The van der Waals surface area contributed by atoms with Gasteiger partial charge in [-0.25, -0.2) is 0 Å². The van der Waals surface area contributed by atoms with Gasteiger partial charge in [0.25, 0.3) is 0 Å². The van der Waals surface area contributed by atoms with Gasteiger partial charge in [-0.2, -0.15) is 0 Å². The van der Waals surface area contributed by atoms with E-state index in [0.717, 1.165) is 78.4 Å². The molecular formula is C28H37Cl2N3O3. The number of carbonyl (C=O) groups is 1. The zero-order valence-electron chi connectivity index (χ0n) is 21.7. The Labute approximate surface area is 226 Å². The molecule has 1 saturated heterocycles. The van der Waals surface area contributed by atoms with E-state index in [1.807, 2.05) is 12.1 Å². The van der Waals surface area contributed by atoms with Crippen LogP contribution in [0.25, 0.3) is 0 Å². The smallest absolute Gasteiger partial charge is 0.227 e. The Morgan fingerprint density at radius 2 is 1.83 bits per heavy atom. The lowest BCUT2D eigenvalue weighted by atomic mass is 9.81. The van der Waals surface area contributed by atoms with Crippen molar-refractivity contribution in [3.8, 4) is 11.5 Å². The molecule has 3 heterocycles. The second-order valence-electron chi connectivity index (χ2n) is 11.0. The highest BCUT2D eigenvalue weighted by Crippen LogP contribution is 2.47. The van der Waals surface area contributed by atoms with Gasteiger partial charge in [0.2, 0.25) is 5.91 Å². The summed E-state index contributed by atoms with van der Waals surface area (Å²) in [7, 11) is 1.70. The third kappa shape index (κ3) is 5.51. The lowest BCUT2D eigenvalue weighted by molar-refractivity contribution is -0.120. The minimum atomic E-state index is -0.298. The topological polar surface area (TPSA) is 72.0 Å². The molecule has 0 atom stereocenters. The van der Waals surface area contributed by atoms with E-state index in [9.17, 15) is 4.79 Å². The molecule has 36 heavy (non-hydrogen) atoms. The number of anilines is 1. The molecule has 0 unspecified atom stereocenters. The Morgan fingerprint density at radius 3 is 2.53 bits per heavy atom. The van der Waals surface area contributed by atoms with E-state index < -0.39 is 0 Å². The number of ether oxygens (including phenoxy) is 2. The van der Waals surface area contributed by atoms with Gasteiger partial charge in [0.1, 0.15) is 5.60 Å². The van der Waals surface area contributed by atoms with E-state index in [0.29, 0.717) is 0 Å². The van der Waals surface area contributed by atoms with Gasteiger partial charge in [0.05, 0.1) is 18.4 Å². The van der Waals surface area contributed by atoms with E-state index in [4.69, 9.17) is 14.5 Å². The van der Waals surface area contributed by atoms with Crippen LogP contribution in [0, 0.1) is 5.92 Å². The quantitative estimate of drug-likeness (QED) is 0.554. The molecule has 0 aromatic heterocycles. The van der Waals surface area contributed by atoms with E-state index >= 15 is 0 Å². The Kier molecular flexibility index (Phi) is 8.33. The number of nitrogens with one attached hydrogen (secondary N) is 2. The van der Waals surface area contributed by atoms with Gasteiger partial charge in [-0.3, -0.25) is 9.79 Å². The van der Waals surface area contributed by atoms with Crippen molar-refractivity contribution in [2.45, 2.75) is 64.5 Å². The van der Waals surface area contributed by atoms with Crippen molar-refractivity contribution in [3.63, 3.8) is 0 Å². The highest BCUT2D eigenvalue weighted by atomic mass is 35.5. The highest BCUT2D eigenvalue weighted by Gasteiger charge is 2.39. The normalized spacial score (nSPS) is 19.4. The minimum Gasteiger partial charge on any atom is -0.493 e. The van der Waals surface area contributed by atoms with Crippen LogP contribution in [0.2, 0.25) is 0 Å². The molecule has 5 rings (SSSR count). The number of rotatable bonds is 4. The first kappa shape index (κ1) is 28.3. The van der Waals surface area contributed by atoms with Gasteiger partial charge in [-0.15, -0.1) is 24.8 Å². The van der Waals surface area contributed by atoms with Crippen LogP contribution in [0.5, 0.6) is 11.5 Å². The first-order valence-electron chi connectivity index (χ1n) is 12.3. The summed E-state index contributed by atoms with van der Waals surface area (Å²) >= 11 is 0. The number of amides is 1. The maximum absolute atomic E-state index is 12.9. The third-order valence-corrected chi connectivity index (χ3v) is 7.01. The molecule has 2 aromatic carbocycles. The number of benzene rings is 2. The van der Waals surface area contributed by atoms with Gasteiger partial charge in [-0.1, -0.05) is 12.1 Å². The predicted octanol–water partition coefficient (Wildman–Crippen LogP) is 5.36. The molecule has 8 heteroatoms. The summed E-state index contributed by atoms with van der Waals surface area (Å²) in [5, 5.41) is 6.48. The molecule has 196 valence electrons. The Hall–Kier alpha value is -2.28. The lowest BCUT2D eigenvalue weighted by Crippen LogP contribution is -2.34. The number of aliphatic imine (C=N–C) groups is 1. The largest absolute Gasteiger partial charge is 0.493 e. The van der Waals surface area contributed by atoms with Crippen molar-refractivity contribution in [1.29, 1.82) is 0 Å². The van der Waals surface area contributed by atoms with Crippen LogP contribution < -0.4 is 20.1 Å². The lowest BCUT2D eigenvalue weighted by Gasteiger charge is -2.31. The number of nitrogens with zero attached hydrogens (tertiary/aromatic N) is 1. The first-order valence-corrected chi connectivity index (χ1v) is 12.3. The van der Waals surface area contributed by atoms with Crippen LogP contribution in [0.15, 0.2) is 35.3 Å². The molecule has 3 aliphatic rings. The van der Waals surface area contributed by atoms with Crippen molar-refractivity contribution >= 4 is 42.1 Å². The summed E-state index contributed by atoms with van der Waals surface area (Å²) in [6.07, 6.45) is 3.39. The molecule has 2 aromatic rings. The number of carbonyl (C=O) groups excluding carboxylic acids is 1. The van der Waals surface area contributed by atoms with Gasteiger partial charge in [0.15, 0.2) is 11.5 Å². The van der Waals surface area contributed by atoms with E-state index in [-0.39, 0.29) is 47.8 Å². The summed E-state index contributed by atoms with van der Waals surface area (Å²) in [6.45, 7) is 10.3. The molecule has 0 bridgehead atoms. The fraction of sp³-hybridized carbons (Fsp3) is 0.500. The van der Waals surface area contributed by atoms with Crippen LogP contribution in [0.4, 0.5) is 5.69 Å². The van der Waals surface area contributed by atoms with E-state index in [1.165, 1.54) is 5.56 Å². The molecule has 0 aliphatic carbocycles. The number of piperidine rings is 1. The van der Waals surface area contributed by atoms with Gasteiger partial charge in [-0.05, 0) is 83.8 Å². The van der Waals surface area contributed by atoms with Crippen LogP contribution in [-0.4, -0.2) is 43.0 Å². The fourth-order valence-corrected chi connectivity index (χ4v) is 5.50. The van der Waals surface area contributed by atoms with Gasteiger partial charge >= 0.3 is 0 Å². The van der Waals surface area contributed by atoms with E-state index in [1.54, 1.807) is 7.11 Å². The Bertz CT molecular complexity index is 1170. The molecule has 2 N–H and O–H groups in total. The Morgan fingerprint density at radius 1 is 1.11 bits per heavy atom. The first-order chi connectivity index (χ1) is 16.2. The SMILES string of the molecule is COc1cc2c(c3c1OC(C)(C)C3)C(c1cccc(NC(=O)C3CCNCC3)c1)=NC(C)(C)C2.Cl.Cl. The fourth-order valence-electron chi connectivity index (χ4n) is 5.50. The maximum atomic E-state index is 12.9. The second kappa shape index (κ2) is 10.6. The number of hydrogen-bond acceptors (Lipinski definition) is 5. The summed E-state index contributed by atoms with van der Waals surface area (Å²) in [5.74, 6) is 1.78. The predicted molar refractivity (Wildman–Crippen MR) is 150 cm³/mol. The average molecular weight is 535 g/mol. The zero-order chi connectivity index (χ0) is 24.1. The number of methoxy groups -OCH3 is 1. The van der Waals surface area contributed by atoms with Crippen LogP contribution in [-0.2, 0) is 17.6 Å². The molecule has 0 radical (unpaired) electrons. The van der Waals surface area contributed by atoms with Crippen LogP contribution >= 0.6 is 24.8 Å². The molecule has 0 saturated carbocycles. The molecule has 1 fully saturated rings. The Balaban J connectivity index is 0.00000180. The van der Waals surface area contributed by atoms with Crippen molar-refractivity contribution in [3.05, 3.63) is 52.6 Å². The van der Waals surface area contributed by atoms with Gasteiger partial charge < -0.3 is 20.1 Å². The summed E-state index contributed by atoms with van der Waals surface area (Å²) in [6, 6.07) is 10.2. The third-order valence-electron chi connectivity index (χ3n) is 7.01.